The van der Waals surface area contributed by atoms with Gasteiger partial charge in [0.2, 0.25) is 0 Å². The number of nitrogens with one attached hydrogen (secondary N) is 1. The summed E-state index contributed by atoms with van der Waals surface area (Å²) in [5.74, 6) is 0. The molecule has 1 N–H and O–H groups in total. The number of rotatable bonds is 8. The molecular weight excluding hydrogens is 230 g/mol. The Morgan fingerprint density at radius 2 is 1.47 bits per heavy atom. The average molecular weight is 256 g/mol. The summed E-state index contributed by atoms with van der Waals surface area (Å²) in [6.07, 6.45) is 5.17. The zero-order chi connectivity index (χ0) is 11.6. The van der Waals surface area contributed by atoms with E-state index in [1.807, 2.05) is 0 Å². The number of benzene rings is 1. The molecule has 98 valence electrons. The van der Waals surface area contributed by atoms with Crippen LogP contribution in [0.3, 0.4) is 0 Å². The molecule has 0 unspecified atom stereocenters. The van der Waals surface area contributed by atoms with Crippen LogP contribution in [0.15, 0.2) is 30.3 Å². The van der Waals surface area contributed by atoms with E-state index in [9.17, 15) is 0 Å². The summed E-state index contributed by atoms with van der Waals surface area (Å²) in [5, 5.41) is 0. The van der Waals surface area contributed by atoms with Crippen molar-refractivity contribution in [1.82, 2.24) is 0 Å². The Balaban J connectivity index is 0.00000256. The molecule has 2 heteroatoms. The van der Waals surface area contributed by atoms with E-state index >= 15 is 0 Å². The molecule has 0 amide bonds. The second-order valence-corrected chi connectivity index (χ2v) is 4.59. The second kappa shape index (κ2) is 10.6. The molecule has 0 aliphatic heterocycles. The first-order valence-corrected chi connectivity index (χ1v) is 6.74. The van der Waals surface area contributed by atoms with Crippen LogP contribution in [0.4, 0.5) is 0 Å². The highest BCUT2D eigenvalue weighted by atomic mass is 35.5. The van der Waals surface area contributed by atoms with Crippen molar-refractivity contribution in [1.29, 1.82) is 0 Å². The van der Waals surface area contributed by atoms with Gasteiger partial charge in [0.15, 0.2) is 0 Å². The summed E-state index contributed by atoms with van der Waals surface area (Å²) in [6, 6.07) is 10.8. The minimum absolute atomic E-state index is 0. The SMILES string of the molecule is CCC[NH+](CCC)CCCc1ccccc1.[Cl-]. The summed E-state index contributed by atoms with van der Waals surface area (Å²) in [4.78, 5) is 1.78. The lowest BCUT2D eigenvalue weighted by Gasteiger charge is -2.17. The van der Waals surface area contributed by atoms with E-state index in [4.69, 9.17) is 0 Å². The van der Waals surface area contributed by atoms with Crippen molar-refractivity contribution in [3.05, 3.63) is 35.9 Å². The molecule has 0 radical (unpaired) electrons. The molecule has 0 fully saturated rings. The fourth-order valence-corrected chi connectivity index (χ4v) is 2.27. The van der Waals surface area contributed by atoms with Gasteiger partial charge < -0.3 is 17.3 Å². The van der Waals surface area contributed by atoms with Crippen LogP contribution in [0, 0.1) is 0 Å². The number of halogens is 1. The Morgan fingerprint density at radius 3 is 2.00 bits per heavy atom. The van der Waals surface area contributed by atoms with Crippen molar-refractivity contribution in [3.8, 4) is 0 Å². The topological polar surface area (TPSA) is 4.44 Å². The Hall–Kier alpha value is -0.530. The highest BCUT2D eigenvalue weighted by Crippen LogP contribution is 2.00. The van der Waals surface area contributed by atoms with Crippen LogP contribution in [0.2, 0.25) is 0 Å². The van der Waals surface area contributed by atoms with E-state index in [0.717, 1.165) is 0 Å². The van der Waals surface area contributed by atoms with Crippen molar-refractivity contribution in [2.45, 2.75) is 39.5 Å². The maximum atomic E-state index is 2.28. The van der Waals surface area contributed by atoms with E-state index in [1.54, 1.807) is 4.90 Å². The highest BCUT2D eigenvalue weighted by molar-refractivity contribution is 5.14. The molecule has 0 heterocycles. The van der Waals surface area contributed by atoms with Gasteiger partial charge in [0.1, 0.15) is 0 Å². The molecule has 0 saturated carbocycles. The molecule has 0 aromatic heterocycles. The molecule has 17 heavy (non-hydrogen) atoms. The smallest absolute Gasteiger partial charge is 0.0774 e. The maximum Gasteiger partial charge on any atom is 0.0774 e. The lowest BCUT2D eigenvalue weighted by molar-refractivity contribution is -0.900. The van der Waals surface area contributed by atoms with Gasteiger partial charge in [-0.25, -0.2) is 0 Å². The van der Waals surface area contributed by atoms with Gasteiger partial charge in [0.05, 0.1) is 19.6 Å². The predicted octanol–water partition coefficient (Wildman–Crippen LogP) is -0.672. The molecule has 0 atom stereocenters. The lowest BCUT2D eigenvalue weighted by Crippen LogP contribution is -3.12. The second-order valence-electron chi connectivity index (χ2n) is 4.59. The van der Waals surface area contributed by atoms with Gasteiger partial charge >= 0.3 is 0 Å². The van der Waals surface area contributed by atoms with Crippen molar-refractivity contribution in [3.63, 3.8) is 0 Å². The van der Waals surface area contributed by atoms with Crippen LogP contribution in [0.25, 0.3) is 0 Å². The molecule has 1 rings (SSSR count). The fourth-order valence-electron chi connectivity index (χ4n) is 2.27. The zero-order valence-corrected chi connectivity index (χ0v) is 12.0. The van der Waals surface area contributed by atoms with Crippen molar-refractivity contribution in [2.24, 2.45) is 0 Å². The number of hydrogen-bond acceptors (Lipinski definition) is 0. The van der Waals surface area contributed by atoms with E-state index < -0.39 is 0 Å². The van der Waals surface area contributed by atoms with Crippen LogP contribution in [0.5, 0.6) is 0 Å². The highest BCUT2D eigenvalue weighted by Gasteiger charge is 2.05. The standard InChI is InChI=1S/C15H25N.ClH/c1-3-12-16(13-4-2)14-8-11-15-9-6-5-7-10-15;/h5-7,9-10H,3-4,8,11-14H2,1-2H3;1H. The largest absolute Gasteiger partial charge is 1.00 e. The molecule has 0 aliphatic carbocycles. The fraction of sp³-hybridized carbons (Fsp3) is 0.600. The van der Waals surface area contributed by atoms with Crippen LogP contribution in [0.1, 0.15) is 38.7 Å². The van der Waals surface area contributed by atoms with Crippen LogP contribution in [-0.4, -0.2) is 19.6 Å². The molecule has 0 spiro atoms. The Morgan fingerprint density at radius 1 is 0.882 bits per heavy atom. The Labute approximate surface area is 113 Å². The van der Waals surface area contributed by atoms with E-state index in [-0.39, 0.29) is 12.4 Å². The van der Waals surface area contributed by atoms with Crippen LogP contribution >= 0.6 is 0 Å². The first kappa shape index (κ1) is 16.5. The molecule has 0 saturated heterocycles. The van der Waals surface area contributed by atoms with Crippen LogP contribution in [-0.2, 0) is 6.42 Å². The quantitative estimate of drug-likeness (QED) is 0.629. The molecular formula is C15H26ClN. The van der Waals surface area contributed by atoms with Gasteiger partial charge in [-0.15, -0.1) is 0 Å². The minimum Gasteiger partial charge on any atom is -1.00 e. The van der Waals surface area contributed by atoms with Crippen molar-refractivity contribution < 1.29 is 17.3 Å². The van der Waals surface area contributed by atoms with E-state index in [1.165, 1.54) is 50.9 Å². The molecule has 1 aromatic carbocycles. The number of aryl methyl sites for hydroxylation is 1. The first-order chi connectivity index (χ1) is 7.86. The first-order valence-electron chi connectivity index (χ1n) is 6.74. The normalized spacial score (nSPS) is 10.3. The average Bonchev–Trinajstić information content (AvgIpc) is 2.31. The number of quaternary nitrogens is 1. The van der Waals surface area contributed by atoms with Gasteiger partial charge in [-0.3, -0.25) is 0 Å². The van der Waals surface area contributed by atoms with Gasteiger partial charge in [-0.2, -0.15) is 0 Å². The number of hydrogen-bond donors (Lipinski definition) is 1. The maximum absolute atomic E-state index is 2.28. The molecule has 1 nitrogen and oxygen atoms in total. The third-order valence-electron chi connectivity index (χ3n) is 3.05. The minimum atomic E-state index is 0. The van der Waals surface area contributed by atoms with Gasteiger partial charge in [0.25, 0.3) is 0 Å². The summed E-state index contributed by atoms with van der Waals surface area (Å²) in [7, 11) is 0. The van der Waals surface area contributed by atoms with Crippen molar-refractivity contribution >= 4 is 0 Å². The van der Waals surface area contributed by atoms with Gasteiger partial charge in [0, 0.05) is 6.42 Å². The van der Waals surface area contributed by atoms with Gasteiger partial charge in [-0.05, 0) is 24.8 Å². The predicted molar refractivity (Wildman–Crippen MR) is 70.9 cm³/mol. The van der Waals surface area contributed by atoms with Crippen LogP contribution < -0.4 is 17.3 Å². The monoisotopic (exact) mass is 255 g/mol. The molecule has 0 aliphatic rings. The Bertz CT molecular complexity index is 255. The third kappa shape index (κ3) is 7.40. The molecule has 0 bridgehead atoms. The summed E-state index contributed by atoms with van der Waals surface area (Å²) in [5.41, 5.74) is 1.48. The van der Waals surface area contributed by atoms with E-state index in [0.29, 0.717) is 0 Å². The Kier molecular flexibility index (Phi) is 10.3. The van der Waals surface area contributed by atoms with Crippen molar-refractivity contribution in [2.75, 3.05) is 19.6 Å². The lowest BCUT2D eigenvalue weighted by atomic mass is 10.1. The summed E-state index contributed by atoms with van der Waals surface area (Å²) in [6.45, 7) is 8.57. The van der Waals surface area contributed by atoms with Gasteiger partial charge in [-0.1, -0.05) is 44.2 Å². The zero-order valence-electron chi connectivity index (χ0n) is 11.2. The van der Waals surface area contributed by atoms with E-state index in [2.05, 4.69) is 44.2 Å². The summed E-state index contributed by atoms with van der Waals surface area (Å²) < 4.78 is 0. The third-order valence-corrected chi connectivity index (χ3v) is 3.05. The molecule has 1 aromatic rings. The summed E-state index contributed by atoms with van der Waals surface area (Å²) >= 11 is 0.